The maximum atomic E-state index is 10.8. The number of nitrogens with zero attached hydrogens (tertiary/aromatic N) is 1. The number of carboxylic acids is 1. The molecular formula is C11H11N3O3. The van der Waals surface area contributed by atoms with Gasteiger partial charge in [-0.3, -0.25) is 0 Å². The fourth-order valence-corrected chi connectivity index (χ4v) is 1.39. The molecule has 0 saturated heterocycles. The average molecular weight is 233 g/mol. The standard InChI is InChI=1S/C11H11N3O3/c12-10-5-7(1-2-9(10)11(15)16)13-6-8-3-4-17-14-8/h1-5,13H,6,12H2,(H,15,16). The van der Waals surface area contributed by atoms with E-state index >= 15 is 0 Å². The Hall–Kier alpha value is -2.50. The average Bonchev–Trinajstić information content (AvgIpc) is 2.78. The highest BCUT2D eigenvalue weighted by Gasteiger charge is 2.07. The van der Waals surface area contributed by atoms with Gasteiger partial charge in [0, 0.05) is 17.4 Å². The number of nitrogens with one attached hydrogen (secondary N) is 1. The van der Waals surface area contributed by atoms with E-state index in [0.29, 0.717) is 6.54 Å². The lowest BCUT2D eigenvalue weighted by molar-refractivity contribution is 0.0698. The molecular weight excluding hydrogens is 222 g/mol. The third-order valence-corrected chi connectivity index (χ3v) is 2.25. The number of aromatic carboxylic acids is 1. The van der Waals surface area contributed by atoms with Crippen molar-refractivity contribution in [1.82, 2.24) is 5.16 Å². The van der Waals surface area contributed by atoms with E-state index in [1.807, 2.05) is 0 Å². The number of aromatic nitrogens is 1. The molecule has 88 valence electrons. The Kier molecular flexibility index (Phi) is 2.95. The van der Waals surface area contributed by atoms with Crippen LogP contribution in [0.25, 0.3) is 0 Å². The highest BCUT2D eigenvalue weighted by molar-refractivity contribution is 5.94. The van der Waals surface area contributed by atoms with Crippen LogP contribution < -0.4 is 11.1 Å². The smallest absolute Gasteiger partial charge is 0.337 e. The number of nitrogen functional groups attached to an aromatic ring is 1. The molecule has 0 atom stereocenters. The SMILES string of the molecule is Nc1cc(NCc2ccon2)ccc1C(=O)O. The van der Waals surface area contributed by atoms with Crippen LogP contribution in [0, 0.1) is 0 Å². The van der Waals surface area contributed by atoms with Gasteiger partial charge in [0.25, 0.3) is 0 Å². The van der Waals surface area contributed by atoms with Crippen molar-refractivity contribution in [3.05, 3.63) is 41.8 Å². The second-order valence-corrected chi connectivity index (χ2v) is 3.45. The second kappa shape index (κ2) is 4.56. The Morgan fingerprint density at radius 1 is 1.47 bits per heavy atom. The normalized spacial score (nSPS) is 10.1. The Labute approximate surface area is 97.0 Å². The molecule has 0 aliphatic heterocycles. The minimum absolute atomic E-state index is 0.0944. The van der Waals surface area contributed by atoms with E-state index in [2.05, 4.69) is 15.0 Å². The van der Waals surface area contributed by atoms with Crippen LogP contribution >= 0.6 is 0 Å². The molecule has 6 heteroatoms. The van der Waals surface area contributed by atoms with Gasteiger partial charge in [0.15, 0.2) is 0 Å². The first-order chi connectivity index (χ1) is 8.16. The summed E-state index contributed by atoms with van der Waals surface area (Å²) in [5, 5.41) is 15.6. The van der Waals surface area contributed by atoms with Gasteiger partial charge in [0.05, 0.1) is 12.1 Å². The number of carboxylic acid groups (broad SMARTS) is 1. The van der Waals surface area contributed by atoms with Gasteiger partial charge < -0.3 is 20.7 Å². The number of hydrogen-bond acceptors (Lipinski definition) is 5. The molecule has 1 aromatic carbocycles. The van der Waals surface area contributed by atoms with E-state index in [0.717, 1.165) is 11.4 Å². The van der Waals surface area contributed by atoms with Crippen LogP contribution in [-0.4, -0.2) is 16.2 Å². The third-order valence-electron chi connectivity index (χ3n) is 2.25. The number of hydrogen-bond donors (Lipinski definition) is 3. The van der Waals surface area contributed by atoms with E-state index in [9.17, 15) is 4.79 Å². The summed E-state index contributed by atoms with van der Waals surface area (Å²) in [4.78, 5) is 10.8. The summed E-state index contributed by atoms with van der Waals surface area (Å²) in [5.41, 5.74) is 7.42. The van der Waals surface area contributed by atoms with Crippen molar-refractivity contribution in [2.24, 2.45) is 0 Å². The zero-order valence-corrected chi connectivity index (χ0v) is 8.88. The van der Waals surface area contributed by atoms with Crippen molar-refractivity contribution in [1.29, 1.82) is 0 Å². The first kappa shape index (κ1) is 11.0. The molecule has 0 aliphatic rings. The summed E-state index contributed by atoms with van der Waals surface area (Å²) in [6.07, 6.45) is 1.49. The molecule has 17 heavy (non-hydrogen) atoms. The molecule has 1 aromatic heterocycles. The van der Waals surface area contributed by atoms with Gasteiger partial charge in [-0.1, -0.05) is 5.16 Å². The fourth-order valence-electron chi connectivity index (χ4n) is 1.39. The van der Waals surface area contributed by atoms with Gasteiger partial charge in [-0.2, -0.15) is 0 Å². The molecule has 4 N–H and O–H groups in total. The predicted octanol–water partition coefficient (Wildman–Crippen LogP) is 1.57. The van der Waals surface area contributed by atoms with E-state index < -0.39 is 5.97 Å². The molecule has 1 heterocycles. The zero-order valence-electron chi connectivity index (χ0n) is 8.88. The lowest BCUT2D eigenvalue weighted by atomic mass is 10.1. The monoisotopic (exact) mass is 233 g/mol. The molecule has 0 amide bonds. The van der Waals surface area contributed by atoms with E-state index in [1.54, 1.807) is 18.2 Å². The number of benzene rings is 1. The van der Waals surface area contributed by atoms with Crippen molar-refractivity contribution in [2.45, 2.75) is 6.54 Å². The first-order valence-electron chi connectivity index (χ1n) is 4.93. The minimum Gasteiger partial charge on any atom is -0.478 e. The summed E-state index contributed by atoms with van der Waals surface area (Å²) < 4.78 is 4.68. The lowest BCUT2D eigenvalue weighted by Gasteiger charge is -2.06. The van der Waals surface area contributed by atoms with Gasteiger partial charge in [-0.15, -0.1) is 0 Å². The van der Waals surface area contributed by atoms with Gasteiger partial charge >= 0.3 is 5.97 Å². The number of nitrogens with two attached hydrogens (primary N) is 1. The van der Waals surface area contributed by atoms with Crippen LogP contribution in [0.5, 0.6) is 0 Å². The van der Waals surface area contributed by atoms with Crippen molar-refractivity contribution in [3.8, 4) is 0 Å². The van der Waals surface area contributed by atoms with Crippen LogP contribution in [0.4, 0.5) is 11.4 Å². The van der Waals surface area contributed by atoms with Crippen LogP contribution in [0.3, 0.4) is 0 Å². The molecule has 0 unspecified atom stereocenters. The van der Waals surface area contributed by atoms with E-state index in [1.165, 1.54) is 12.3 Å². The quantitative estimate of drug-likeness (QED) is 0.693. The van der Waals surface area contributed by atoms with Crippen LogP contribution in [0.1, 0.15) is 16.1 Å². The van der Waals surface area contributed by atoms with Gasteiger partial charge in [0.2, 0.25) is 0 Å². The summed E-state index contributed by atoms with van der Waals surface area (Å²) in [6.45, 7) is 0.488. The van der Waals surface area contributed by atoms with E-state index in [4.69, 9.17) is 10.8 Å². The molecule has 0 radical (unpaired) electrons. The first-order valence-corrected chi connectivity index (χ1v) is 4.93. The second-order valence-electron chi connectivity index (χ2n) is 3.45. The Bertz CT molecular complexity index is 523. The van der Waals surface area contributed by atoms with Crippen LogP contribution in [0.15, 0.2) is 35.1 Å². The molecule has 0 fully saturated rings. The fraction of sp³-hybridized carbons (Fsp3) is 0.0909. The van der Waals surface area contributed by atoms with Gasteiger partial charge in [0.1, 0.15) is 12.0 Å². The zero-order chi connectivity index (χ0) is 12.3. The Morgan fingerprint density at radius 3 is 2.88 bits per heavy atom. The Morgan fingerprint density at radius 2 is 2.29 bits per heavy atom. The van der Waals surface area contributed by atoms with Gasteiger partial charge in [-0.05, 0) is 18.2 Å². The molecule has 0 aliphatic carbocycles. The summed E-state index contributed by atoms with van der Waals surface area (Å²) in [7, 11) is 0. The summed E-state index contributed by atoms with van der Waals surface area (Å²) in [5.74, 6) is -1.04. The van der Waals surface area contributed by atoms with Crippen molar-refractivity contribution in [2.75, 3.05) is 11.1 Å². The maximum absolute atomic E-state index is 10.8. The maximum Gasteiger partial charge on any atom is 0.337 e. The highest BCUT2D eigenvalue weighted by atomic mass is 16.5. The van der Waals surface area contributed by atoms with E-state index in [-0.39, 0.29) is 11.3 Å². The molecule has 2 rings (SSSR count). The molecule has 0 spiro atoms. The largest absolute Gasteiger partial charge is 0.478 e. The summed E-state index contributed by atoms with van der Waals surface area (Å²) >= 11 is 0. The van der Waals surface area contributed by atoms with Crippen LogP contribution in [0.2, 0.25) is 0 Å². The van der Waals surface area contributed by atoms with Crippen molar-refractivity contribution < 1.29 is 14.4 Å². The number of carbonyl (C=O) groups is 1. The molecule has 0 bridgehead atoms. The van der Waals surface area contributed by atoms with Crippen molar-refractivity contribution in [3.63, 3.8) is 0 Å². The number of anilines is 2. The summed E-state index contributed by atoms with van der Waals surface area (Å²) in [6, 6.07) is 6.42. The van der Waals surface area contributed by atoms with Gasteiger partial charge in [-0.25, -0.2) is 4.79 Å². The molecule has 6 nitrogen and oxygen atoms in total. The highest BCUT2D eigenvalue weighted by Crippen LogP contribution is 2.18. The number of rotatable bonds is 4. The third kappa shape index (κ3) is 2.54. The van der Waals surface area contributed by atoms with Crippen LogP contribution in [-0.2, 0) is 6.54 Å². The minimum atomic E-state index is -1.04. The molecule has 2 aromatic rings. The predicted molar refractivity (Wildman–Crippen MR) is 61.6 cm³/mol. The topological polar surface area (TPSA) is 101 Å². The Balaban J connectivity index is 2.07. The van der Waals surface area contributed by atoms with Crippen molar-refractivity contribution >= 4 is 17.3 Å². The lowest BCUT2D eigenvalue weighted by Crippen LogP contribution is -2.04. The molecule has 0 saturated carbocycles.